The number of rotatable bonds is 5. The van der Waals surface area contributed by atoms with Gasteiger partial charge in [-0.3, -0.25) is 14.5 Å². The van der Waals surface area contributed by atoms with Crippen LogP contribution in [0, 0.1) is 0 Å². The summed E-state index contributed by atoms with van der Waals surface area (Å²) in [6.07, 6.45) is 6.08. The third-order valence-electron chi connectivity index (χ3n) is 4.39. The second kappa shape index (κ2) is 7.03. The van der Waals surface area contributed by atoms with Crippen LogP contribution in [0.4, 0.5) is 5.82 Å². The number of carbonyl (C=O) groups excluding carboxylic acids is 1. The molecule has 6 nitrogen and oxygen atoms in total. The number of amides is 1. The molecule has 1 saturated heterocycles. The Hall–Kier alpha value is -2.73. The highest BCUT2D eigenvalue weighted by Gasteiger charge is 2.19. The van der Waals surface area contributed by atoms with Crippen LogP contribution in [0.2, 0.25) is 0 Å². The number of nitrogens with one attached hydrogen (secondary N) is 1. The van der Waals surface area contributed by atoms with Gasteiger partial charge in [-0.2, -0.15) is 5.10 Å². The molecule has 0 bridgehead atoms. The summed E-state index contributed by atoms with van der Waals surface area (Å²) in [7, 11) is 0. The number of pyridine rings is 1. The lowest BCUT2D eigenvalue weighted by Crippen LogP contribution is -2.19. The summed E-state index contributed by atoms with van der Waals surface area (Å²) in [5, 5.41) is 8.40. The Morgan fingerprint density at radius 3 is 3.08 bits per heavy atom. The number of anilines is 1. The monoisotopic (exact) mass is 336 g/mol. The van der Waals surface area contributed by atoms with Gasteiger partial charge in [0.15, 0.2) is 5.82 Å². The number of para-hydroxylation sites is 1. The molecule has 1 fully saturated rings. The first-order valence-electron chi connectivity index (χ1n) is 8.55. The summed E-state index contributed by atoms with van der Waals surface area (Å²) in [4.78, 5) is 16.5. The van der Waals surface area contributed by atoms with Crippen LogP contribution >= 0.6 is 0 Å². The number of hydrogen-bond acceptors (Lipinski definition) is 4. The van der Waals surface area contributed by atoms with E-state index in [1.165, 1.54) is 0 Å². The number of fused-ring (bicyclic) bond motifs is 1. The van der Waals surface area contributed by atoms with Gasteiger partial charge in [-0.1, -0.05) is 24.3 Å². The molecule has 2 aromatic heterocycles. The summed E-state index contributed by atoms with van der Waals surface area (Å²) in [5.74, 6) is 0.514. The highest BCUT2D eigenvalue weighted by Crippen LogP contribution is 2.18. The van der Waals surface area contributed by atoms with Gasteiger partial charge in [0.2, 0.25) is 5.91 Å². The minimum atomic E-state index is -0.0519. The molecule has 1 aromatic carbocycles. The van der Waals surface area contributed by atoms with E-state index >= 15 is 0 Å². The van der Waals surface area contributed by atoms with Crippen molar-refractivity contribution in [2.24, 2.45) is 0 Å². The molecule has 0 spiro atoms. The lowest BCUT2D eigenvalue weighted by molar-refractivity contribution is -0.118. The SMILES string of the molecule is O=C(CC1CCCO1)Nc1ccn(Cc2cccc3cccnc23)n1. The van der Waals surface area contributed by atoms with E-state index in [9.17, 15) is 4.79 Å². The van der Waals surface area contributed by atoms with Crippen molar-refractivity contribution in [2.75, 3.05) is 11.9 Å². The summed E-state index contributed by atoms with van der Waals surface area (Å²) < 4.78 is 7.30. The third-order valence-corrected chi connectivity index (χ3v) is 4.39. The number of carbonyl (C=O) groups is 1. The molecule has 1 atom stereocenters. The van der Waals surface area contributed by atoms with Gasteiger partial charge in [0.05, 0.1) is 24.6 Å². The van der Waals surface area contributed by atoms with Gasteiger partial charge in [0.1, 0.15) is 0 Å². The molecule has 1 N–H and O–H groups in total. The van der Waals surface area contributed by atoms with E-state index in [0.717, 1.165) is 35.9 Å². The zero-order chi connectivity index (χ0) is 17.1. The average Bonchev–Trinajstić information content (AvgIpc) is 3.27. The Kier molecular flexibility index (Phi) is 4.43. The summed E-state index contributed by atoms with van der Waals surface area (Å²) in [5.41, 5.74) is 2.07. The number of ether oxygens (including phenoxy) is 1. The number of hydrogen-bond donors (Lipinski definition) is 1. The maximum atomic E-state index is 12.1. The van der Waals surface area contributed by atoms with E-state index in [4.69, 9.17) is 4.74 Å². The molecule has 0 saturated carbocycles. The fraction of sp³-hybridized carbons (Fsp3) is 0.316. The molecule has 1 aliphatic rings. The Balaban J connectivity index is 1.43. The van der Waals surface area contributed by atoms with Crippen LogP contribution in [0.1, 0.15) is 24.8 Å². The van der Waals surface area contributed by atoms with Crippen molar-refractivity contribution >= 4 is 22.6 Å². The Morgan fingerprint density at radius 1 is 1.28 bits per heavy atom. The number of aromatic nitrogens is 3. The second-order valence-electron chi connectivity index (χ2n) is 6.28. The van der Waals surface area contributed by atoms with Crippen molar-refractivity contribution in [1.29, 1.82) is 0 Å². The van der Waals surface area contributed by atoms with Crippen molar-refractivity contribution in [3.8, 4) is 0 Å². The van der Waals surface area contributed by atoms with E-state index in [0.29, 0.717) is 18.8 Å². The summed E-state index contributed by atoms with van der Waals surface area (Å²) in [6.45, 7) is 1.36. The molecule has 1 unspecified atom stereocenters. The maximum absolute atomic E-state index is 12.1. The largest absolute Gasteiger partial charge is 0.378 e. The van der Waals surface area contributed by atoms with E-state index in [-0.39, 0.29) is 12.0 Å². The molecule has 1 aliphatic heterocycles. The van der Waals surface area contributed by atoms with Crippen molar-refractivity contribution < 1.29 is 9.53 Å². The Bertz CT molecular complexity index is 879. The van der Waals surface area contributed by atoms with Crippen molar-refractivity contribution in [2.45, 2.75) is 31.9 Å². The fourth-order valence-electron chi connectivity index (χ4n) is 3.19. The van der Waals surface area contributed by atoms with Crippen LogP contribution in [0.3, 0.4) is 0 Å². The van der Waals surface area contributed by atoms with Crippen molar-refractivity contribution in [3.63, 3.8) is 0 Å². The zero-order valence-corrected chi connectivity index (χ0v) is 13.9. The third kappa shape index (κ3) is 3.69. The van der Waals surface area contributed by atoms with Crippen LogP contribution in [0.25, 0.3) is 10.9 Å². The zero-order valence-electron chi connectivity index (χ0n) is 13.9. The van der Waals surface area contributed by atoms with Gasteiger partial charge in [0.25, 0.3) is 0 Å². The van der Waals surface area contributed by atoms with Crippen molar-refractivity contribution in [1.82, 2.24) is 14.8 Å². The number of benzene rings is 1. The van der Waals surface area contributed by atoms with Gasteiger partial charge < -0.3 is 10.1 Å². The fourth-order valence-corrected chi connectivity index (χ4v) is 3.19. The van der Waals surface area contributed by atoms with Crippen LogP contribution < -0.4 is 5.32 Å². The quantitative estimate of drug-likeness (QED) is 0.778. The molecule has 128 valence electrons. The first-order valence-corrected chi connectivity index (χ1v) is 8.55. The Labute approximate surface area is 145 Å². The van der Waals surface area contributed by atoms with E-state index in [1.807, 2.05) is 47.3 Å². The van der Waals surface area contributed by atoms with E-state index in [2.05, 4.69) is 15.4 Å². The molecular weight excluding hydrogens is 316 g/mol. The minimum Gasteiger partial charge on any atom is -0.378 e. The molecule has 0 aliphatic carbocycles. The molecule has 3 heterocycles. The minimum absolute atomic E-state index is 0.0452. The van der Waals surface area contributed by atoms with Crippen LogP contribution in [-0.4, -0.2) is 33.4 Å². The topological polar surface area (TPSA) is 69.0 Å². The van der Waals surface area contributed by atoms with Crippen molar-refractivity contribution in [3.05, 3.63) is 54.4 Å². The second-order valence-corrected chi connectivity index (χ2v) is 6.28. The van der Waals surface area contributed by atoms with Gasteiger partial charge in [-0.25, -0.2) is 0 Å². The molecule has 4 rings (SSSR count). The molecular formula is C19H20N4O2. The van der Waals surface area contributed by atoms with Gasteiger partial charge >= 0.3 is 0 Å². The average molecular weight is 336 g/mol. The molecule has 6 heteroatoms. The first-order chi connectivity index (χ1) is 12.3. The predicted molar refractivity (Wildman–Crippen MR) is 95.3 cm³/mol. The van der Waals surface area contributed by atoms with Gasteiger partial charge in [-0.05, 0) is 24.5 Å². The molecule has 3 aromatic rings. The van der Waals surface area contributed by atoms with Crippen LogP contribution in [0.15, 0.2) is 48.8 Å². The lowest BCUT2D eigenvalue weighted by Gasteiger charge is -2.08. The highest BCUT2D eigenvalue weighted by molar-refractivity contribution is 5.90. The normalized spacial score (nSPS) is 17.0. The summed E-state index contributed by atoms with van der Waals surface area (Å²) in [6, 6.07) is 11.9. The molecule has 0 radical (unpaired) electrons. The van der Waals surface area contributed by atoms with E-state index < -0.39 is 0 Å². The maximum Gasteiger partial charge on any atom is 0.228 e. The first kappa shape index (κ1) is 15.8. The van der Waals surface area contributed by atoms with Gasteiger partial charge in [0, 0.05) is 30.5 Å². The van der Waals surface area contributed by atoms with Crippen LogP contribution in [-0.2, 0) is 16.1 Å². The van der Waals surface area contributed by atoms with Crippen LogP contribution in [0.5, 0.6) is 0 Å². The Morgan fingerprint density at radius 2 is 2.20 bits per heavy atom. The summed E-state index contributed by atoms with van der Waals surface area (Å²) >= 11 is 0. The number of nitrogens with zero attached hydrogens (tertiary/aromatic N) is 3. The van der Waals surface area contributed by atoms with E-state index in [1.54, 1.807) is 6.20 Å². The molecule has 1 amide bonds. The molecule has 25 heavy (non-hydrogen) atoms. The standard InChI is InChI=1S/C19H20N4O2/c24-18(12-16-7-3-11-25-16)21-17-8-10-23(22-17)13-15-5-1-4-14-6-2-9-20-19(14)15/h1-2,4-6,8-10,16H,3,7,11-13H2,(H,21,22,24). The highest BCUT2D eigenvalue weighted by atomic mass is 16.5. The van der Waals surface area contributed by atoms with Gasteiger partial charge in [-0.15, -0.1) is 0 Å². The lowest BCUT2D eigenvalue weighted by atomic mass is 10.1. The predicted octanol–water partition coefficient (Wildman–Crippen LogP) is 2.99. The smallest absolute Gasteiger partial charge is 0.228 e.